The van der Waals surface area contributed by atoms with Crippen LogP contribution in [0, 0.1) is 0 Å². The molecule has 0 aliphatic heterocycles. The van der Waals surface area contributed by atoms with E-state index in [4.69, 9.17) is 0 Å². The molecule has 4 heteroatoms. The molecule has 4 rings (SSSR count). The third kappa shape index (κ3) is 4.35. The molecular formula is C27H24BrO2P. The van der Waals surface area contributed by atoms with Gasteiger partial charge in [0, 0.05) is 5.56 Å². The van der Waals surface area contributed by atoms with E-state index in [1.165, 1.54) is 15.9 Å². The van der Waals surface area contributed by atoms with E-state index in [1.54, 1.807) is 12.1 Å². The van der Waals surface area contributed by atoms with Crippen molar-refractivity contribution in [2.75, 3.05) is 6.16 Å². The lowest BCUT2D eigenvalue weighted by Crippen LogP contribution is -3.00. The van der Waals surface area contributed by atoms with Crippen LogP contribution in [0.15, 0.2) is 109 Å². The second-order valence-electron chi connectivity index (χ2n) is 7.20. The summed E-state index contributed by atoms with van der Waals surface area (Å²) >= 11 is 0. The van der Waals surface area contributed by atoms with Gasteiger partial charge >= 0.3 is 5.97 Å². The second kappa shape index (κ2) is 10.0. The maximum Gasteiger partial charge on any atom is 0.335 e. The lowest BCUT2D eigenvalue weighted by atomic mass is 10.0. The summed E-state index contributed by atoms with van der Waals surface area (Å²) in [5.74, 6) is -0.904. The summed E-state index contributed by atoms with van der Waals surface area (Å²) in [6.07, 6.45) is 1.01. The highest BCUT2D eigenvalue weighted by atomic mass is 79.9. The maximum absolute atomic E-state index is 11.3. The summed E-state index contributed by atoms with van der Waals surface area (Å²) in [4.78, 5) is 11.3. The van der Waals surface area contributed by atoms with Crippen LogP contribution in [0.3, 0.4) is 0 Å². The van der Waals surface area contributed by atoms with Gasteiger partial charge in [-0.15, -0.1) is 0 Å². The Balaban J connectivity index is 0.00000272. The van der Waals surface area contributed by atoms with Crippen LogP contribution in [0.25, 0.3) is 11.1 Å². The van der Waals surface area contributed by atoms with Crippen molar-refractivity contribution < 1.29 is 26.9 Å². The normalized spacial score (nSPS) is 10.9. The van der Waals surface area contributed by atoms with E-state index < -0.39 is 13.2 Å². The molecule has 0 spiro atoms. The van der Waals surface area contributed by atoms with Crippen molar-refractivity contribution in [2.24, 2.45) is 0 Å². The van der Waals surface area contributed by atoms with E-state index in [0.29, 0.717) is 5.56 Å². The molecule has 0 saturated carbocycles. The third-order valence-corrected chi connectivity index (χ3v) is 10.1. The minimum Gasteiger partial charge on any atom is -1.00 e. The van der Waals surface area contributed by atoms with Crippen LogP contribution in [0.4, 0.5) is 0 Å². The molecule has 0 radical (unpaired) electrons. The van der Waals surface area contributed by atoms with Gasteiger partial charge in [-0.05, 0) is 55.0 Å². The summed E-state index contributed by atoms with van der Waals surface area (Å²) in [7, 11) is -1.88. The van der Waals surface area contributed by atoms with Crippen molar-refractivity contribution in [2.45, 2.75) is 6.92 Å². The Labute approximate surface area is 194 Å². The van der Waals surface area contributed by atoms with Crippen molar-refractivity contribution in [3.8, 4) is 11.1 Å². The van der Waals surface area contributed by atoms with Gasteiger partial charge in [0.25, 0.3) is 0 Å². The fraction of sp³-hybridized carbons (Fsp3) is 0.0741. The standard InChI is InChI=1S/C27H23O2P.BrH/c1-2-30(23-11-5-3-6-12-23,24-13-7-4-8-14-24)26-16-10-9-15-25(26)21-17-19-22(20-18-21)27(28)29;/h3-20H,2H2,1H3;1H. The number of benzene rings is 4. The highest BCUT2D eigenvalue weighted by molar-refractivity contribution is 7.95. The Hall–Kier alpha value is -2.74. The van der Waals surface area contributed by atoms with E-state index >= 15 is 0 Å². The number of rotatable bonds is 6. The Bertz CT molecular complexity index is 1100. The van der Waals surface area contributed by atoms with Crippen LogP contribution in [0.2, 0.25) is 0 Å². The van der Waals surface area contributed by atoms with E-state index in [-0.39, 0.29) is 17.0 Å². The minimum absolute atomic E-state index is 0. The largest absolute Gasteiger partial charge is 1.00 e. The van der Waals surface area contributed by atoms with Gasteiger partial charge in [0.1, 0.15) is 23.2 Å². The smallest absolute Gasteiger partial charge is 0.335 e. The predicted molar refractivity (Wildman–Crippen MR) is 128 cm³/mol. The molecule has 0 heterocycles. The summed E-state index contributed by atoms with van der Waals surface area (Å²) in [5, 5.41) is 13.3. The van der Waals surface area contributed by atoms with Gasteiger partial charge in [0.15, 0.2) is 0 Å². The van der Waals surface area contributed by atoms with Crippen molar-refractivity contribution >= 4 is 29.1 Å². The molecule has 1 N–H and O–H groups in total. The molecule has 4 aromatic carbocycles. The van der Waals surface area contributed by atoms with Crippen LogP contribution in [0.5, 0.6) is 0 Å². The highest BCUT2D eigenvalue weighted by Crippen LogP contribution is 2.56. The predicted octanol–water partition coefficient (Wildman–Crippen LogP) is 2.37. The molecule has 4 aromatic rings. The summed E-state index contributed by atoms with van der Waals surface area (Å²) < 4.78 is 0. The van der Waals surface area contributed by atoms with Crippen molar-refractivity contribution in [1.29, 1.82) is 0 Å². The van der Waals surface area contributed by atoms with Crippen LogP contribution in [-0.2, 0) is 0 Å². The Morgan fingerprint density at radius 3 is 1.68 bits per heavy atom. The van der Waals surface area contributed by atoms with Gasteiger partial charge in [0.05, 0.1) is 11.7 Å². The molecule has 2 nitrogen and oxygen atoms in total. The molecule has 0 amide bonds. The first kappa shape index (κ1) is 22.9. The zero-order chi connectivity index (χ0) is 21.0. The Morgan fingerprint density at radius 1 is 0.710 bits per heavy atom. The van der Waals surface area contributed by atoms with Crippen molar-refractivity contribution in [1.82, 2.24) is 0 Å². The number of carboxylic acid groups (broad SMARTS) is 1. The molecule has 156 valence electrons. The van der Waals surface area contributed by atoms with Gasteiger partial charge in [-0.3, -0.25) is 0 Å². The van der Waals surface area contributed by atoms with E-state index in [9.17, 15) is 9.90 Å². The highest BCUT2D eigenvalue weighted by Gasteiger charge is 2.45. The molecule has 0 aliphatic rings. The average molecular weight is 491 g/mol. The number of hydrogen-bond donors (Lipinski definition) is 1. The van der Waals surface area contributed by atoms with Gasteiger partial charge in [-0.1, -0.05) is 66.7 Å². The topological polar surface area (TPSA) is 37.3 Å². The fourth-order valence-electron chi connectivity index (χ4n) is 4.17. The monoisotopic (exact) mass is 490 g/mol. The van der Waals surface area contributed by atoms with Crippen LogP contribution < -0.4 is 32.9 Å². The van der Waals surface area contributed by atoms with Gasteiger partial charge in [-0.25, -0.2) is 4.79 Å². The molecular weight excluding hydrogens is 467 g/mol. The third-order valence-electron chi connectivity index (χ3n) is 5.63. The average Bonchev–Trinajstić information content (AvgIpc) is 2.82. The van der Waals surface area contributed by atoms with Crippen molar-refractivity contribution in [3.05, 3.63) is 115 Å². The minimum atomic E-state index is -1.88. The second-order valence-corrected chi connectivity index (χ2v) is 11.0. The molecule has 0 atom stereocenters. The van der Waals surface area contributed by atoms with Gasteiger partial charge < -0.3 is 22.1 Å². The number of hydrogen-bond acceptors (Lipinski definition) is 1. The number of carboxylic acids is 1. The first-order valence-corrected chi connectivity index (χ1v) is 12.1. The quantitative estimate of drug-likeness (QED) is 0.421. The SMILES string of the molecule is CC[P+](c1ccccc1)(c1ccccc1)c1ccccc1-c1ccc(C(=O)O)cc1.[Br-]. The Morgan fingerprint density at radius 2 is 1.19 bits per heavy atom. The first-order chi connectivity index (χ1) is 14.7. The molecule has 0 aromatic heterocycles. The summed E-state index contributed by atoms with van der Waals surface area (Å²) in [6, 6.07) is 37.4. The Kier molecular flexibility index (Phi) is 7.43. The van der Waals surface area contributed by atoms with Crippen LogP contribution in [0.1, 0.15) is 17.3 Å². The number of aromatic carboxylic acids is 1. The van der Waals surface area contributed by atoms with E-state index in [2.05, 4.69) is 91.9 Å². The molecule has 0 fully saturated rings. The van der Waals surface area contributed by atoms with E-state index in [0.717, 1.165) is 17.3 Å². The number of carbonyl (C=O) groups is 1. The van der Waals surface area contributed by atoms with Gasteiger partial charge in [-0.2, -0.15) is 0 Å². The summed E-state index contributed by atoms with van der Waals surface area (Å²) in [5.41, 5.74) is 2.51. The van der Waals surface area contributed by atoms with E-state index in [1.807, 2.05) is 12.1 Å². The van der Waals surface area contributed by atoms with Crippen LogP contribution in [-0.4, -0.2) is 17.2 Å². The zero-order valence-electron chi connectivity index (χ0n) is 17.3. The molecule has 31 heavy (non-hydrogen) atoms. The molecule has 0 aliphatic carbocycles. The van der Waals surface area contributed by atoms with Crippen molar-refractivity contribution in [3.63, 3.8) is 0 Å². The van der Waals surface area contributed by atoms with Gasteiger partial charge in [0.2, 0.25) is 0 Å². The first-order valence-electron chi connectivity index (χ1n) is 10.1. The fourth-order valence-corrected chi connectivity index (χ4v) is 8.41. The maximum atomic E-state index is 11.3. The molecule has 0 bridgehead atoms. The molecule has 0 unspecified atom stereocenters. The zero-order valence-corrected chi connectivity index (χ0v) is 19.8. The summed E-state index contributed by atoms with van der Waals surface area (Å²) in [6.45, 7) is 2.28. The molecule has 0 saturated heterocycles. The lowest BCUT2D eigenvalue weighted by molar-refractivity contribution is -0.0000213. The number of halogens is 1. The lowest BCUT2D eigenvalue weighted by Gasteiger charge is -2.28. The van der Waals surface area contributed by atoms with Crippen LogP contribution >= 0.6 is 7.26 Å².